The third-order valence-corrected chi connectivity index (χ3v) is 7.03. The quantitative estimate of drug-likeness (QED) is 0.579. The monoisotopic (exact) mass is 456 g/mol. The number of hydrogen-bond acceptors (Lipinski definition) is 7. The Labute approximate surface area is 186 Å². The van der Waals surface area contributed by atoms with Crippen LogP contribution in [0.4, 0.5) is 5.69 Å². The van der Waals surface area contributed by atoms with Gasteiger partial charge in [-0.3, -0.25) is 4.79 Å². The molecule has 10 heteroatoms. The summed E-state index contributed by atoms with van der Waals surface area (Å²) in [4.78, 5) is 17.0. The lowest BCUT2D eigenvalue weighted by Gasteiger charge is -2.19. The van der Waals surface area contributed by atoms with E-state index in [2.05, 4.69) is 15.5 Å². The lowest BCUT2D eigenvalue weighted by molar-refractivity contribution is 0.102. The minimum Gasteiger partial charge on any atom is -0.492 e. The maximum Gasteiger partial charge on any atom is 0.257 e. The Morgan fingerprint density at radius 1 is 1.16 bits per heavy atom. The van der Waals surface area contributed by atoms with Gasteiger partial charge in [0.25, 0.3) is 11.8 Å². The highest BCUT2D eigenvalue weighted by Crippen LogP contribution is 2.32. The van der Waals surface area contributed by atoms with Gasteiger partial charge in [-0.1, -0.05) is 5.16 Å². The van der Waals surface area contributed by atoms with Crippen LogP contribution >= 0.6 is 0 Å². The molecular weight excluding hydrogens is 432 g/mol. The van der Waals surface area contributed by atoms with Crippen molar-refractivity contribution in [2.45, 2.75) is 31.6 Å². The molecule has 0 atom stereocenters. The third kappa shape index (κ3) is 4.51. The van der Waals surface area contributed by atoms with Crippen LogP contribution in [0.3, 0.4) is 0 Å². The molecule has 0 bridgehead atoms. The number of aromatic nitrogens is 2. The number of sulfonamides is 1. The zero-order valence-electron chi connectivity index (χ0n) is 17.9. The maximum atomic E-state index is 13.1. The van der Waals surface area contributed by atoms with Gasteiger partial charge in [0.1, 0.15) is 10.6 Å². The van der Waals surface area contributed by atoms with Crippen LogP contribution in [0.5, 0.6) is 5.75 Å². The molecule has 3 aromatic rings. The number of benzene rings is 2. The van der Waals surface area contributed by atoms with Gasteiger partial charge in [0.2, 0.25) is 10.0 Å². The molecule has 9 nitrogen and oxygen atoms in total. The minimum atomic E-state index is -3.72. The highest BCUT2D eigenvalue weighted by Gasteiger charge is 2.30. The standard InChI is InChI=1S/C22H24N4O5S/c1-3-30-19-11-10-18(14-20(19)32(28,29)26-12-4-5-13-26)24-21(27)16-6-8-17(9-7-16)22-23-15(2)25-31-22/h6-11,14H,3-5,12-13H2,1-2H3,(H,24,27). The second kappa shape index (κ2) is 9.09. The molecule has 1 saturated heterocycles. The lowest BCUT2D eigenvalue weighted by Crippen LogP contribution is -2.28. The molecule has 0 saturated carbocycles. The summed E-state index contributed by atoms with van der Waals surface area (Å²) in [6.07, 6.45) is 1.66. The average Bonchev–Trinajstić information content (AvgIpc) is 3.47. The molecule has 0 aliphatic carbocycles. The molecule has 0 spiro atoms. The summed E-state index contributed by atoms with van der Waals surface area (Å²) in [7, 11) is -3.72. The Bertz CT molecular complexity index is 1220. The first-order chi connectivity index (χ1) is 15.4. The van der Waals surface area contributed by atoms with Crippen LogP contribution in [-0.4, -0.2) is 48.5 Å². The second-order valence-electron chi connectivity index (χ2n) is 7.38. The Balaban J connectivity index is 1.56. The number of carbonyl (C=O) groups is 1. The van der Waals surface area contributed by atoms with E-state index in [1.54, 1.807) is 50.2 Å². The molecule has 0 radical (unpaired) electrons. The molecule has 1 amide bonds. The number of aryl methyl sites for hydroxylation is 1. The van der Waals surface area contributed by atoms with Gasteiger partial charge in [-0.2, -0.15) is 9.29 Å². The van der Waals surface area contributed by atoms with Crippen molar-refractivity contribution < 1.29 is 22.5 Å². The number of rotatable bonds is 7. The van der Waals surface area contributed by atoms with Crippen LogP contribution in [0.2, 0.25) is 0 Å². The van der Waals surface area contributed by atoms with Gasteiger partial charge >= 0.3 is 0 Å². The summed E-state index contributed by atoms with van der Waals surface area (Å²) in [6, 6.07) is 11.4. The maximum absolute atomic E-state index is 13.1. The van der Waals surface area contributed by atoms with E-state index in [1.807, 2.05) is 0 Å². The van der Waals surface area contributed by atoms with Crippen molar-refractivity contribution >= 4 is 21.6 Å². The van der Waals surface area contributed by atoms with Crippen molar-refractivity contribution in [3.05, 3.63) is 53.9 Å². The predicted octanol–water partition coefficient (Wildman–Crippen LogP) is 3.48. The van der Waals surface area contributed by atoms with E-state index in [9.17, 15) is 13.2 Å². The van der Waals surface area contributed by atoms with Crippen LogP contribution in [-0.2, 0) is 10.0 Å². The summed E-state index contributed by atoms with van der Waals surface area (Å²) >= 11 is 0. The molecule has 32 heavy (non-hydrogen) atoms. The van der Waals surface area contributed by atoms with E-state index in [-0.39, 0.29) is 16.6 Å². The van der Waals surface area contributed by atoms with Crippen LogP contribution in [0.1, 0.15) is 35.9 Å². The average molecular weight is 457 g/mol. The number of hydrogen-bond donors (Lipinski definition) is 1. The number of nitrogens with zero attached hydrogens (tertiary/aromatic N) is 3. The first-order valence-corrected chi connectivity index (χ1v) is 11.8. The van der Waals surface area contributed by atoms with E-state index >= 15 is 0 Å². The van der Waals surface area contributed by atoms with Crippen LogP contribution in [0, 0.1) is 6.92 Å². The zero-order chi connectivity index (χ0) is 22.7. The van der Waals surface area contributed by atoms with Gasteiger partial charge < -0.3 is 14.6 Å². The Morgan fingerprint density at radius 2 is 1.88 bits per heavy atom. The van der Waals surface area contributed by atoms with E-state index in [0.717, 1.165) is 12.8 Å². The van der Waals surface area contributed by atoms with E-state index in [0.29, 0.717) is 48.2 Å². The molecule has 0 unspecified atom stereocenters. The van der Waals surface area contributed by atoms with Crippen molar-refractivity contribution in [2.24, 2.45) is 0 Å². The molecule has 168 valence electrons. The van der Waals surface area contributed by atoms with Crippen LogP contribution < -0.4 is 10.1 Å². The van der Waals surface area contributed by atoms with Crippen molar-refractivity contribution in [3.8, 4) is 17.2 Å². The largest absolute Gasteiger partial charge is 0.492 e. The van der Waals surface area contributed by atoms with Crippen molar-refractivity contribution in [2.75, 3.05) is 25.0 Å². The number of amides is 1. The fourth-order valence-electron chi connectivity index (χ4n) is 3.51. The molecule has 1 fully saturated rings. The Hall–Kier alpha value is -3.24. The van der Waals surface area contributed by atoms with E-state index in [4.69, 9.17) is 9.26 Å². The molecule has 2 aromatic carbocycles. The molecule has 1 aliphatic rings. The van der Waals surface area contributed by atoms with Gasteiger partial charge in [-0.05, 0) is 69.2 Å². The van der Waals surface area contributed by atoms with Crippen molar-refractivity contribution in [3.63, 3.8) is 0 Å². The summed E-state index contributed by atoms with van der Waals surface area (Å²) in [5.41, 5.74) is 1.47. The summed E-state index contributed by atoms with van der Waals surface area (Å²) in [6.45, 7) is 4.82. The minimum absolute atomic E-state index is 0.0566. The summed E-state index contributed by atoms with van der Waals surface area (Å²) in [5.74, 6) is 0.804. The van der Waals surface area contributed by atoms with Gasteiger partial charge in [0.05, 0.1) is 6.61 Å². The first-order valence-electron chi connectivity index (χ1n) is 10.4. The molecular formula is C22H24N4O5S. The van der Waals surface area contributed by atoms with Gasteiger partial charge in [-0.15, -0.1) is 0 Å². The highest BCUT2D eigenvalue weighted by atomic mass is 32.2. The number of carbonyl (C=O) groups excluding carboxylic acids is 1. The highest BCUT2D eigenvalue weighted by molar-refractivity contribution is 7.89. The normalized spacial score (nSPS) is 14.4. The molecule has 1 N–H and O–H groups in total. The predicted molar refractivity (Wildman–Crippen MR) is 118 cm³/mol. The van der Waals surface area contributed by atoms with Crippen LogP contribution in [0.25, 0.3) is 11.5 Å². The molecule has 2 heterocycles. The van der Waals surface area contributed by atoms with Gasteiger partial charge in [0.15, 0.2) is 5.82 Å². The van der Waals surface area contributed by atoms with Gasteiger partial charge in [-0.25, -0.2) is 8.42 Å². The van der Waals surface area contributed by atoms with Gasteiger partial charge in [0, 0.05) is 29.9 Å². The fraction of sp³-hybridized carbons (Fsp3) is 0.318. The SMILES string of the molecule is CCOc1ccc(NC(=O)c2ccc(-c3nc(C)no3)cc2)cc1S(=O)(=O)N1CCCC1. The fourth-order valence-corrected chi connectivity index (χ4v) is 5.19. The van der Waals surface area contributed by atoms with Crippen molar-refractivity contribution in [1.82, 2.24) is 14.4 Å². The Morgan fingerprint density at radius 3 is 2.50 bits per heavy atom. The zero-order valence-corrected chi connectivity index (χ0v) is 18.7. The molecule has 1 aliphatic heterocycles. The molecule has 4 rings (SSSR count). The van der Waals surface area contributed by atoms with Crippen LogP contribution in [0.15, 0.2) is 51.9 Å². The number of nitrogens with one attached hydrogen (secondary N) is 1. The number of ether oxygens (including phenoxy) is 1. The van der Waals surface area contributed by atoms with E-state index in [1.165, 1.54) is 10.4 Å². The van der Waals surface area contributed by atoms with Crippen molar-refractivity contribution in [1.29, 1.82) is 0 Å². The smallest absolute Gasteiger partial charge is 0.257 e. The number of anilines is 1. The molecule has 1 aromatic heterocycles. The Kier molecular flexibility index (Phi) is 6.24. The lowest BCUT2D eigenvalue weighted by atomic mass is 10.1. The second-order valence-corrected chi connectivity index (χ2v) is 9.29. The first kappa shape index (κ1) is 22.0. The summed E-state index contributed by atoms with van der Waals surface area (Å²) in [5, 5.41) is 6.52. The van der Waals surface area contributed by atoms with E-state index < -0.39 is 10.0 Å². The summed E-state index contributed by atoms with van der Waals surface area (Å²) < 4.78 is 38.4. The topological polar surface area (TPSA) is 115 Å². The third-order valence-electron chi connectivity index (χ3n) is 5.11.